The molecule has 0 radical (unpaired) electrons. The molecule has 1 amide bonds. The van der Waals surface area contributed by atoms with E-state index in [0.29, 0.717) is 24.2 Å². The first-order valence-electron chi connectivity index (χ1n) is 6.62. The summed E-state index contributed by atoms with van der Waals surface area (Å²) in [5, 5.41) is 5.63. The number of amides is 1. The number of benzene rings is 1. The van der Waals surface area contributed by atoms with Gasteiger partial charge >= 0.3 is 11.9 Å². The van der Waals surface area contributed by atoms with E-state index in [1.54, 1.807) is 18.2 Å². The second-order valence-electron chi connectivity index (χ2n) is 4.58. The second kappa shape index (κ2) is 6.75. The molecule has 0 saturated carbocycles. The van der Waals surface area contributed by atoms with E-state index in [0.717, 1.165) is 11.6 Å². The molecule has 0 unspecified atom stereocenters. The minimum absolute atomic E-state index is 0.0420. The Morgan fingerprint density at radius 2 is 2.00 bits per heavy atom. The summed E-state index contributed by atoms with van der Waals surface area (Å²) in [6.45, 7) is 0. The largest absolute Gasteiger partial charge is 0.466 e. The van der Waals surface area contributed by atoms with Crippen molar-refractivity contribution in [2.75, 3.05) is 24.9 Å². The number of carbonyl (C=O) groups is 3. The third kappa shape index (κ3) is 3.43. The van der Waals surface area contributed by atoms with Crippen LogP contribution in [0, 0.1) is 0 Å². The summed E-state index contributed by atoms with van der Waals surface area (Å²) in [5.74, 6) is -1.42. The molecule has 0 aromatic heterocycles. The molecule has 1 aliphatic heterocycles. The molecule has 0 saturated heterocycles. The van der Waals surface area contributed by atoms with Gasteiger partial charge in [-0.15, -0.1) is 0 Å². The van der Waals surface area contributed by atoms with Gasteiger partial charge in [0.15, 0.2) is 0 Å². The molecular formula is C15H16N2O5. The maximum absolute atomic E-state index is 11.8. The molecule has 0 fully saturated rings. The van der Waals surface area contributed by atoms with E-state index in [4.69, 9.17) is 0 Å². The lowest BCUT2D eigenvalue weighted by Gasteiger charge is -2.21. The van der Waals surface area contributed by atoms with Gasteiger partial charge in [-0.1, -0.05) is 6.07 Å². The fourth-order valence-corrected chi connectivity index (χ4v) is 2.12. The summed E-state index contributed by atoms with van der Waals surface area (Å²) in [6, 6.07) is 5.27. The number of hydrogen-bond donors (Lipinski definition) is 2. The van der Waals surface area contributed by atoms with Gasteiger partial charge in [0, 0.05) is 17.8 Å². The lowest BCUT2D eigenvalue weighted by Crippen LogP contribution is -2.21. The smallest absolute Gasteiger partial charge is 0.354 e. The monoisotopic (exact) mass is 304 g/mol. The molecule has 1 aliphatic rings. The van der Waals surface area contributed by atoms with Gasteiger partial charge in [-0.05, 0) is 24.1 Å². The Hall–Kier alpha value is -2.83. The van der Waals surface area contributed by atoms with Crippen LogP contribution < -0.4 is 10.6 Å². The average molecular weight is 304 g/mol. The van der Waals surface area contributed by atoms with Crippen LogP contribution in [0.3, 0.4) is 0 Å². The van der Waals surface area contributed by atoms with E-state index in [9.17, 15) is 14.4 Å². The third-order valence-corrected chi connectivity index (χ3v) is 3.19. The molecule has 0 aliphatic carbocycles. The molecule has 2 rings (SSSR count). The van der Waals surface area contributed by atoms with Gasteiger partial charge in [-0.2, -0.15) is 0 Å². The Morgan fingerprint density at radius 1 is 1.23 bits per heavy atom. The predicted molar refractivity (Wildman–Crippen MR) is 79.1 cm³/mol. The lowest BCUT2D eigenvalue weighted by atomic mass is 10.0. The van der Waals surface area contributed by atoms with Crippen molar-refractivity contribution >= 4 is 29.2 Å². The zero-order valence-electron chi connectivity index (χ0n) is 12.3. The summed E-state index contributed by atoms with van der Waals surface area (Å²) >= 11 is 0. The first-order valence-corrected chi connectivity index (χ1v) is 6.62. The number of carbonyl (C=O) groups excluding carboxylic acids is 3. The van der Waals surface area contributed by atoms with E-state index in [1.807, 2.05) is 0 Å². The van der Waals surface area contributed by atoms with Crippen molar-refractivity contribution < 1.29 is 23.9 Å². The van der Waals surface area contributed by atoms with Crippen molar-refractivity contribution in [3.63, 3.8) is 0 Å². The summed E-state index contributed by atoms with van der Waals surface area (Å²) in [4.78, 5) is 34.5. The molecule has 116 valence electrons. The molecule has 0 atom stereocenters. The molecule has 1 aromatic carbocycles. The maximum Gasteiger partial charge on any atom is 0.354 e. The van der Waals surface area contributed by atoms with Crippen molar-refractivity contribution in [2.24, 2.45) is 0 Å². The van der Waals surface area contributed by atoms with E-state index in [2.05, 4.69) is 20.1 Å². The van der Waals surface area contributed by atoms with Crippen molar-refractivity contribution in [2.45, 2.75) is 12.8 Å². The Labute approximate surface area is 127 Å². The molecule has 0 bridgehead atoms. The van der Waals surface area contributed by atoms with Crippen LogP contribution in [-0.4, -0.2) is 32.1 Å². The van der Waals surface area contributed by atoms with Gasteiger partial charge in [-0.3, -0.25) is 4.79 Å². The Morgan fingerprint density at radius 3 is 2.68 bits per heavy atom. The number of hydrogen-bond acceptors (Lipinski definition) is 6. The summed E-state index contributed by atoms with van der Waals surface area (Å²) in [6.07, 6.45) is 1.92. The van der Waals surface area contributed by atoms with Gasteiger partial charge < -0.3 is 20.1 Å². The van der Waals surface area contributed by atoms with Crippen LogP contribution in [0.25, 0.3) is 0 Å². The SMILES string of the molecule is COC(=O)/C=C(/Nc1cccc2c1CCC(=O)N2)C(=O)OC. The van der Waals surface area contributed by atoms with Gasteiger partial charge in [-0.25, -0.2) is 9.59 Å². The minimum atomic E-state index is -0.692. The van der Waals surface area contributed by atoms with E-state index < -0.39 is 11.9 Å². The highest BCUT2D eigenvalue weighted by Gasteiger charge is 2.20. The van der Waals surface area contributed by atoms with E-state index >= 15 is 0 Å². The molecule has 1 aromatic rings. The summed E-state index contributed by atoms with van der Waals surface area (Å²) in [7, 11) is 2.43. The standard InChI is InChI=1S/C15H16N2O5/c1-21-14(19)8-12(15(20)22-2)16-10-4-3-5-11-9(10)6-7-13(18)17-11/h3-5,8,16H,6-7H2,1-2H3,(H,17,18)/b12-8+. The van der Waals surface area contributed by atoms with Crippen LogP contribution in [-0.2, 0) is 30.3 Å². The van der Waals surface area contributed by atoms with Crippen LogP contribution in [0.5, 0.6) is 0 Å². The highest BCUT2D eigenvalue weighted by atomic mass is 16.5. The predicted octanol–water partition coefficient (Wildman–Crippen LogP) is 1.21. The summed E-state index contributed by atoms with van der Waals surface area (Å²) in [5.41, 5.74) is 2.13. The van der Waals surface area contributed by atoms with Gasteiger partial charge in [0.2, 0.25) is 5.91 Å². The number of anilines is 2. The number of fused-ring (bicyclic) bond motifs is 1. The molecule has 1 heterocycles. The van der Waals surface area contributed by atoms with Crippen molar-refractivity contribution in [3.8, 4) is 0 Å². The maximum atomic E-state index is 11.8. The van der Waals surface area contributed by atoms with Crippen LogP contribution in [0.1, 0.15) is 12.0 Å². The fraction of sp³-hybridized carbons (Fsp3) is 0.267. The molecule has 2 N–H and O–H groups in total. The van der Waals surface area contributed by atoms with Crippen LogP contribution in [0.4, 0.5) is 11.4 Å². The fourth-order valence-electron chi connectivity index (χ4n) is 2.12. The molecule has 22 heavy (non-hydrogen) atoms. The van der Waals surface area contributed by atoms with Crippen molar-refractivity contribution in [1.82, 2.24) is 0 Å². The molecule has 7 heteroatoms. The topological polar surface area (TPSA) is 93.7 Å². The minimum Gasteiger partial charge on any atom is -0.466 e. The number of esters is 2. The average Bonchev–Trinajstić information content (AvgIpc) is 2.53. The van der Waals surface area contributed by atoms with Crippen molar-refractivity contribution in [3.05, 3.63) is 35.5 Å². The number of methoxy groups -OCH3 is 2. The van der Waals surface area contributed by atoms with E-state index in [1.165, 1.54) is 14.2 Å². The van der Waals surface area contributed by atoms with Crippen molar-refractivity contribution in [1.29, 1.82) is 0 Å². The quantitative estimate of drug-likeness (QED) is 0.641. The normalized spacial score (nSPS) is 13.7. The highest BCUT2D eigenvalue weighted by molar-refractivity contribution is 6.00. The van der Waals surface area contributed by atoms with Gasteiger partial charge in [0.1, 0.15) is 5.70 Å². The molecule has 0 spiro atoms. The van der Waals surface area contributed by atoms with E-state index in [-0.39, 0.29) is 11.6 Å². The zero-order chi connectivity index (χ0) is 16.1. The van der Waals surface area contributed by atoms with Crippen LogP contribution >= 0.6 is 0 Å². The van der Waals surface area contributed by atoms with Crippen LogP contribution in [0.15, 0.2) is 30.0 Å². The number of nitrogens with one attached hydrogen (secondary N) is 2. The molecular weight excluding hydrogens is 288 g/mol. The van der Waals surface area contributed by atoms with Gasteiger partial charge in [0.05, 0.1) is 20.3 Å². The summed E-state index contributed by atoms with van der Waals surface area (Å²) < 4.78 is 9.16. The first kappa shape index (κ1) is 15.6. The van der Waals surface area contributed by atoms with Crippen LogP contribution in [0.2, 0.25) is 0 Å². The molecule has 7 nitrogen and oxygen atoms in total. The lowest BCUT2D eigenvalue weighted by molar-refractivity contribution is -0.138. The third-order valence-electron chi connectivity index (χ3n) is 3.19. The second-order valence-corrected chi connectivity index (χ2v) is 4.58. The first-order chi connectivity index (χ1) is 10.5. The zero-order valence-corrected chi connectivity index (χ0v) is 12.3. The number of rotatable bonds is 4. The Bertz CT molecular complexity index is 651. The van der Waals surface area contributed by atoms with Gasteiger partial charge in [0.25, 0.3) is 0 Å². The highest BCUT2D eigenvalue weighted by Crippen LogP contribution is 2.30. The number of ether oxygens (including phenoxy) is 2. The Kier molecular flexibility index (Phi) is 4.77. The Balaban J connectivity index is 2.33.